The summed E-state index contributed by atoms with van der Waals surface area (Å²) in [7, 11) is 4.14. The summed E-state index contributed by atoms with van der Waals surface area (Å²) in [5.74, 6) is -1.73. The smallest absolute Gasteiger partial charge is 0.315 e. The van der Waals surface area contributed by atoms with Gasteiger partial charge in [0.1, 0.15) is 0 Å². The van der Waals surface area contributed by atoms with Gasteiger partial charge in [0.15, 0.2) is 0 Å². The van der Waals surface area contributed by atoms with Crippen molar-refractivity contribution in [2.75, 3.05) is 27.7 Å². The standard InChI is InChI=1S/C7H12F2N2O2/c1-10(2)5(12)4-11(3)7(13)6(8)9/h6H,4H2,1-3H3. The van der Waals surface area contributed by atoms with E-state index in [1.165, 1.54) is 19.0 Å². The summed E-state index contributed by atoms with van der Waals surface area (Å²) in [5, 5.41) is 0. The van der Waals surface area contributed by atoms with E-state index in [9.17, 15) is 18.4 Å². The average molecular weight is 194 g/mol. The Morgan fingerprint density at radius 1 is 1.23 bits per heavy atom. The highest BCUT2D eigenvalue weighted by Gasteiger charge is 2.22. The van der Waals surface area contributed by atoms with Gasteiger partial charge in [-0.2, -0.15) is 8.78 Å². The predicted octanol–water partition coefficient (Wildman–Crippen LogP) is -0.202. The second-order valence-electron chi connectivity index (χ2n) is 2.78. The zero-order valence-corrected chi connectivity index (χ0v) is 7.75. The van der Waals surface area contributed by atoms with Crippen LogP contribution in [0, 0.1) is 0 Å². The molecule has 76 valence electrons. The van der Waals surface area contributed by atoms with E-state index in [1.54, 1.807) is 0 Å². The van der Waals surface area contributed by atoms with Crippen molar-refractivity contribution in [2.24, 2.45) is 0 Å². The molecule has 0 fully saturated rings. The normalized spacial score (nSPS) is 10.0. The molecule has 0 saturated carbocycles. The first-order chi connectivity index (χ1) is 5.86. The summed E-state index contributed by atoms with van der Waals surface area (Å²) in [5.41, 5.74) is 0. The molecule has 2 amide bonds. The molecule has 0 aliphatic rings. The number of alkyl halides is 2. The molecule has 0 aromatic heterocycles. The number of amides is 2. The molecular weight excluding hydrogens is 182 g/mol. The number of carbonyl (C=O) groups excluding carboxylic acids is 2. The van der Waals surface area contributed by atoms with Crippen LogP contribution in [-0.2, 0) is 9.59 Å². The van der Waals surface area contributed by atoms with Gasteiger partial charge in [-0.3, -0.25) is 9.59 Å². The molecule has 0 atom stereocenters. The number of likely N-dealkylation sites (N-methyl/N-ethyl adjacent to an activating group) is 2. The molecule has 0 N–H and O–H groups in total. The van der Waals surface area contributed by atoms with Crippen LogP contribution < -0.4 is 0 Å². The minimum atomic E-state index is -3.06. The second kappa shape index (κ2) is 4.74. The van der Waals surface area contributed by atoms with Gasteiger partial charge >= 0.3 is 6.43 Å². The molecule has 0 unspecified atom stereocenters. The van der Waals surface area contributed by atoms with Crippen LogP contribution in [0.4, 0.5) is 8.78 Å². The molecule has 6 heteroatoms. The fourth-order valence-electron chi connectivity index (χ4n) is 0.589. The van der Waals surface area contributed by atoms with Gasteiger partial charge in [0.05, 0.1) is 6.54 Å². The van der Waals surface area contributed by atoms with Crippen LogP contribution in [0.1, 0.15) is 0 Å². The van der Waals surface area contributed by atoms with Crippen molar-refractivity contribution in [3.63, 3.8) is 0 Å². The molecule has 0 aliphatic carbocycles. The van der Waals surface area contributed by atoms with Crippen LogP contribution in [0.25, 0.3) is 0 Å². The van der Waals surface area contributed by atoms with E-state index in [1.807, 2.05) is 0 Å². The van der Waals surface area contributed by atoms with Crippen molar-refractivity contribution in [3.05, 3.63) is 0 Å². The second-order valence-corrected chi connectivity index (χ2v) is 2.78. The molecule has 0 aromatic carbocycles. The molecule has 0 aliphatic heterocycles. The van der Waals surface area contributed by atoms with Crippen LogP contribution in [-0.4, -0.2) is 55.7 Å². The molecule has 0 radical (unpaired) electrons. The number of halogens is 2. The van der Waals surface area contributed by atoms with E-state index in [4.69, 9.17) is 0 Å². The lowest BCUT2D eigenvalue weighted by atomic mass is 10.4. The van der Waals surface area contributed by atoms with Crippen molar-refractivity contribution < 1.29 is 18.4 Å². The van der Waals surface area contributed by atoms with Crippen molar-refractivity contribution in [1.82, 2.24) is 9.80 Å². The van der Waals surface area contributed by atoms with E-state index in [2.05, 4.69) is 0 Å². The lowest BCUT2D eigenvalue weighted by molar-refractivity contribution is -0.145. The average Bonchev–Trinajstić information content (AvgIpc) is 2.02. The summed E-state index contributed by atoms with van der Waals surface area (Å²) < 4.78 is 23.6. The Bertz CT molecular complexity index is 207. The highest BCUT2D eigenvalue weighted by Crippen LogP contribution is 1.98. The lowest BCUT2D eigenvalue weighted by Crippen LogP contribution is -2.40. The van der Waals surface area contributed by atoms with Gasteiger partial charge < -0.3 is 9.80 Å². The van der Waals surface area contributed by atoms with Crippen LogP contribution in [0.2, 0.25) is 0 Å². The van der Waals surface area contributed by atoms with Gasteiger partial charge in [0.25, 0.3) is 5.91 Å². The lowest BCUT2D eigenvalue weighted by Gasteiger charge is -2.18. The minimum absolute atomic E-state index is 0.323. The van der Waals surface area contributed by atoms with Crippen LogP contribution in [0.5, 0.6) is 0 Å². The number of rotatable bonds is 3. The fraction of sp³-hybridized carbons (Fsp3) is 0.714. The first-order valence-corrected chi connectivity index (χ1v) is 3.59. The maximum atomic E-state index is 11.8. The minimum Gasteiger partial charge on any atom is -0.347 e. The van der Waals surface area contributed by atoms with E-state index >= 15 is 0 Å². The SMILES string of the molecule is CN(C)C(=O)CN(C)C(=O)C(F)F. The first-order valence-electron chi connectivity index (χ1n) is 3.59. The zero-order chi connectivity index (χ0) is 10.6. The highest BCUT2D eigenvalue weighted by atomic mass is 19.3. The number of carbonyl (C=O) groups is 2. The quantitative estimate of drug-likeness (QED) is 0.624. The summed E-state index contributed by atoms with van der Waals surface area (Å²) >= 11 is 0. The summed E-state index contributed by atoms with van der Waals surface area (Å²) in [4.78, 5) is 23.5. The third-order valence-electron chi connectivity index (χ3n) is 1.43. The predicted molar refractivity (Wildman–Crippen MR) is 42.3 cm³/mol. The molecule has 0 bridgehead atoms. The Morgan fingerprint density at radius 3 is 2.00 bits per heavy atom. The van der Waals surface area contributed by atoms with Gasteiger partial charge in [-0.1, -0.05) is 0 Å². The third-order valence-corrected chi connectivity index (χ3v) is 1.43. The van der Waals surface area contributed by atoms with Crippen molar-refractivity contribution in [1.29, 1.82) is 0 Å². The van der Waals surface area contributed by atoms with E-state index < -0.39 is 18.2 Å². The van der Waals surface area contributed by atoms with Crippen molar-refractivity contribution in [2.45, 2.75) is 6.43 Å². The van der Waals surface area contributed by atoms with Gasteiger partial charge in [0.2, 0.25) is 5.91 Å². The number of hydrogen-bond donors (Lipinski definition) is 0. The Hall–Kier alpha value is -1.20. The monoisotopic (exact) mass is 194 g/mol. The molecule has 0 spiro atoms. The zero-order valence-electron chi connectivity index (χ0n) is 7.75. The Balaban J connectivity index is 4.08. The van der Waals surface area contributed by atoms with Crippen molar-refractivity contribution >= 4 is 11.8 Å². The van der Waals surface area contributed by atoms with Crippen LogP contribution >= 0.6 is 0 Å². The first kappa shape index (κ1) is 11.8. The summed E-state index contributed by atoms with van der Waals surface area (Å²) in [6.45, 7) is -0.323. The Morgan fingerprint density at radius 2 is 1.69 bits per heavy atom. The molecule has 13 heavy (non-hydrogen) atoms. The fourth-order valence-corrected chi connectivity index (χ4v) is 0.589. The molecule has 4 nitrogen and oxygen atoms in total. The Kier molecular flexibility index (Phi) is 4.30. The van der Waals surface area contributed by atoms with Gasteiger partial charge in [-0.05, 0) is 0 Å². The van der Waals surface area contributed by atoms with Crippen LogP contribution in [0.3, 0.4) is 0 Å². The van der Waals surface area contributed by atoms with Gasteiger partial charge in [-0.25, -0.2) is 0 Å². The van der Waals surface area contributed by atoms with Gasteiger partial charge in [-0.15, -0.1) is 0 Å². The Labute approximate surface area is 75.1 Å². The van der Waals surface area contributed by atoms with E-state index in [0.717, 1.165) is 7.05 Å². The van der Waals surface area contributed by atoms with E-state index in [0.29, 0.717) is 4.90 Å². The number of nitrogens with zero attached hydrogens (tertiary/aromatic N) is 2. The molecule has 0 saturated heterocycles. The largest absolute Gasteiger partial charge is 0.347 e. The van der Waals surface area contributed by atoms with Gasteiger partial charge in [0, 0.05) is 21.1 Å². The van der Waals surface area contributed by atoms with Crippen molar-refractivity contribution in [3.8, 4) is 0 Å². The van der Waals surface area contributed by atoms with E-state index in [-0.39, 0.29) is 6.54 Å². The summed E-state index contributed by atoms with van der Waals surface area (Å²) in [6.07, 6.45) is -3.06. The highest BCUT2D eigenvalue weighted by molar-refractivity contribution is 5.85. The summed E-state index contributed by atoms with van der Waals surface area (Å²) in [6, 6.07) is 0. The van der Waals surface area contributed by atoms with Crippen LogP contribution in [0.15, 0.2) is 0 Å². The molecule has 0 aromatic rings. The third kappa shape index (κ3) is 3.82. The number of hydrogen-bond acceptors (Lipinski definition) is 2. The maximum Gasteiger partial charge on any atom is 0.315 e. The molecule has 0 heterocycles. The molecule has 0 rings (SSSR count). The molecular formula is C7H12F2N2O2. The maximum absolute atomic E-state index is 11.8. The topological polar surface area (TPSA) is 40.6 Å².